The first-order valence-corrected chi connectivity index (χ1v) is 5.28. The van der Waals surface area contributed by atoms with Gasteiger partial charge in [0.2, 0.25) is 11.4 Å². The molecule has 0 spiro atoms. The van der Waals surface area contributed by atoms with Gasteiger partial charge in [-0.2, -0.15) is 0 Å². The van der Waals surface area contributed by atoms with Gasteiger partial charge in [0.05, 0.1) is 5.39 Å². The van der Waals surface area contributed by atoms with Gasteiger partial charge in [0.15, 0.2) is 5.52 Å². The molecule has 0 atom stereocenters. The first-order chi connectivity index (χ1) is 7.79. The lowest BCUT2D eigenvalue weighted by Gasteiger charge is -1.91. The second-order valence-corrected chi connectivity index (χ2v) is 3.73. The summed E-state index contributed by atoms with van der Waals surface area (Å²) in [6, 6.07) is 7.82. The van der Waals surface area contributed by atoms with Crippen molar-refractivity contribution < 1.29 is 21.8 Å². The Morgan fingerprint density at radius 3 is 2.88 bits per heavy atom. The van der Waals surface area contributed by atoms with Gasteiger partial charge in [-0.15, -0.1) is 4.98 Å². The summed E-state index contributed by atoms with van der Waals surface area (Å²) >= 11 is 0. The Kier molecular flexibility index (Phi) is 2.90. The highest BCUT2D eigenvalue weighted by Crippen LogP contribution is 2.28. The molecule has 3 rings (SSSR count). The highest BCUT2D eigenvalue weighted by Gasteiger charge is 2.17. The van der Waals surface area contributed by atoms with E-state index in [0.717, 1.165) is 28.7 Å². The smallest absolute Gasteiger partial charge is 0.264 e. The standard InChI is InChI=1S/C12H11N3O.ClH/c1-2-9-14-10-7-5-3-4-6-8(7)16-11(10)12(13)15-9;/h3-6H,2H2,1H3,(H2,13,14,15);1H. The number of rotatable bonds is 1. The fourth-order valence-corrected chi connectivity index (χ4v) is 1.87. The Bertz CT molecular complexity index is 678. The van der Waals surface area contributed by atoms with Crippen LogP contribution in [0.15, 0.2) is 28.7 Å². The quantitative estimate of drug-likeness (QED) is 0.598. The largest absolute Gasteiger partial charge is 1.00 e. The predicted molar refractivity (Wildman–Crippen MR) is 61.9 cm³/mol. The zero-order chi connectivity index (χ0) is 11.1. The normalized spacial score (nSPS) is 10.6. The molecule has 0 saturated carbocycles. The molecular weight excluding hydrogens is 238 g/mol. The molecule has 0 radical (unpaired) electrons. The molecule has 2 aromatic heterocycles. The van der Waals surface area contributed by atoms with Crippen molar-refractivity contribution in [3.8, 4) is 0 Å². The molecule has 1 aromatic carbocycles. The number of fused-ring (bicyclic) bond motifs is 3. The maximum atomic E-state index is 5.91. The average molecular weight is 250 g/mol. The molecule has 0 aliphatic carbocycles. The number of hydrogen-bond acceptors (Lipinski definition) is 3. The minimum Gasteiger partial charge on any atom is -1.00 e. The van der Waals surface area contributed by atoms with E-state index in [0.29, 0.717) is 11.4 Å². The van der Waals surface area contributed by atoms with E-state index in [1.165, 1.54) is 0 Å². The number of aromatic nitrogens is 2. The predicted octanol–water partition coefficient (Wildman–Crippen LogP) is -1.06. The number of nitrogens with one attached hydrogen (secondary N) is 1. The van der Waals surface area contributed by atoms with Gasteiger partial charge in [-0.1, -0.05) is 19.1 Å². The molecule has 0 aliphatic rings. The van der Waals surface area contributed by atoms with E-state index < -0.39 is 0 Å². The maximum absolute atomic E-state index is 5.91. The molecule has 17 heavy (non-hydrogen) atoms. The van der Waals surface area contributed by atoms with Crippen molar-refractivity contribution >= 4 is 27.9 Å². The molecule has 0 fully saturated rings. The fraction of sp³-hybridized carbons (Fsp3) is 0.167. The van der Waals surface area contributed by atoms with Crippen LogP contribution in [0.1, 0.15) is 12.7 Å². The summed E-state index contributed by atoms with van der Waals surface area (Å²) in [6.07, 6.45) is 0.819. The Hall–Kier alpha value is -1.81. The summed E-state index contributed by atoms with van der Waals surface area (Å²) in [5.41, 5.74) is 8.20. The van der Waals surface area contributed by atoms with Crippen molar-refractivity contribution in [3.63, 3.8) is 0 Å². The number of halogens is 1. The van der Waals surface area contributed by atoms with Crippen molar-refractivity contribution in [1.82, 2.24) is 4.98 Å². The van der Waals surface area contributed by atoms with Crippen LogP contribution in [0.3, 0.4) is 0 Å². The van der Waals surface area contributed by atoms with Gasteiger partial charge >= 0.3 is 0 Å². The number of hydrogen-bond donors (Lipinski definition) is 1. The molecule has 0 unspecified atom stereocenters. The lowest BCUT2D eigenvalue weighted by Crippen LogP contribution is -3.00. The molecule has 3 N–H and O–H groups in total. The number of para-hydroxylation sites is 1. The van der Waals surface area contributed by atoms with Crippen LogP contribution in [0.2, 0.25) is 0 Å². The van der Waals surface area contributed by atoms with Crippen molar-refractivity contribution in [2.75, 3.05) is 5.73 Å². The molecule has 0 aliphatic heterocycles. The molecule has 0 saturated heterocycles. The minimum atomic E-state index is 0. The molecule has 0 amide bonds. The van der Waals surface area contributed by atoms with E-state index in [1.807, 2.05) is 31.2 Å². The van der Waals surface area contributed by atoms with E-state index in [2.05, 4.69) is 9.97 Å². The van der Waals surface area contributed by atoms with E-state index >= 15 is 0 Å². The monoisotopic (exact) mass is 249 g/mol. The SMILES string of the molecule is CCc1nc2c(oc3ccccc32)c(N)[nH+]1.[Cl-]. The van der Waals surface area contributed by atoms with Crippen molar-refractivity contribution in [2.45, 2.75) is 13.3 Å². The van der Waals surface area contributed by atoms with Gasteiger partial charge in [0.25, 0.3) is 5.82 Å². The Labute approximate surface area is 104 Å². The van der Waals surface area contributed by atoms with Crippen LogP contribution in [0, 0.1) is 0 Å². The number of H-pyrrole nitrogens is 1. The van der Waals surface area contributed by atoms with Crippen LogP contribution in [-0.4, -0.2) is 4.98 Å². The van der Waals surface area contributed by atoms with E-state index in [9.17, 15) is 0 Å². The van der Waals surface area contributed by atoms with Crippen molar-refractivity contribution in [2.24, 2.45) is 0 Å². The lowest BCUT2D eigenvalue weighted by atomic mass is 10.2. The van der Waals surface area contributed by atoms with Crippen molar-refractivity contribution in [1.29, 1.82) is 0 Å². The van der Waals surface area contributed by atoms with Crippen molar-refractivity contribution in [3.05, 3.63) is 30.1 Å². The van der Waals surface area contributed by atoms with Crippen LogP contribution in [0.25, 0.3) is 22.1 Å². The van der Waals surface area contributed by atoms with E-state index in [-0.39, 0.29) is 12.4 Å². The van der Waals surface area contributed by atoms with Gasteiger partial charge in [-0.3, -0.25) is 0 Å². The average Bonchev–Trinajstić information content (AvgIpc) is 2.68. The summed E-state index contributed by atoms with van der Waals surface area (Å²) in [6.45, 7) is 2.03. The number of nitrogens with zero attached hydrogens (tertiary/aromatic N) is 1. The first kappa shape index (κ1) is 11.7. The number of furan rings is 1. The Morgan fingerprint density at radius 1 is 1.35 bits per heavy atom. The van der Waals surface area contributed by atoms with Crippen LogP contribution in [-0.2, 0) is 6.42 Å². The molecule has 3 aromatic rings. The summed E-state index contributed by atoms with van der Waals surface area (Å²) in [4.78, 5) is 7.55. The second-order valence-electron chi connectivity index (χ2n) is 3.73. The third-order valence-electron chi connectivity index (χ3n) is 2.67. The zero-order valence-corrected chi connectivity index (χ0v) is 10.1. The van der Waals surface area contributed by atoms with Crippen LogP contribution in [0.4, 0.5) is 5.82 Å². The second kappa shape index (κ2) is 4.22. The van der Waals surface area contributed by atoms with Gasteiger partial charge in [-0.05, 0) is 12.1 Å². The number of nitrogen functional groups attached to an aromatic ring is 1. The molecule has 4 nitrogen and oxygen atoms in total. The molecule has 88 valence electrons. The highest BCUT2D eigenvalue weighted by atomic mass is 35.5. The third-order valence-corrected chi connectivity index (χ3v) is 2.67. The van der Waals surface area contributed by atoms with Gasteiger partial charge < -0.3 is 22.6 Å². The van der Waals surface area contributed by atoms with Crippen LogP contribution < -0.4 is 23.1 Å². The Balaban J connectivity index is 0.00000108. The third kappa shape index (κ3) is 1.70. The number of aryl methyl sites for hydroxylation is 1. The lowest BCUT2D eigenvalue weighted by molar-refractivity contribution is -0.376. The number of aromatic amines is 1. The molecule has 0 bridgehead atoms. The van der Waals surface area contributed by atoms with Gasteiger partial charge in [0.1, 0.15) is 5.58 Å². The minimum absolute atomic E-state index is 0. The summed E-state index contributed by atoms with van der Waals surface area (Å²) in [5.74, 6) is 1.41. The topological polar surface area (TPSA) is 66.2 Å². The molecule has 5 heteroatoms. The number of anilines is 1. The van der Waals surface area contributed by atoms with E-state index in [1.54, 1.807) is 0 Å². The fourth-order valence-electron chi connectivity index (χ4n) is 1.87. The Morgan fingerprint density at radius 2 is 2.12 bits per heavy atom. The van der Waals surface area contributed by atoms with Gasteiger partial charge in [-0.25, -0.2) is 4.98 Å². The maximum Gasteiger partial charge on any atom is 0.264 e. The van der Waals surface area contributed by atoms with Gasteiger partial charge in [0, 0.05) is 6.42 Å². The molecule has 2 heterocycles. The number of benzene rings is 1. The zero-order valence-electron chi connectivity index (χ0n) is 9.33. The first-order valence-electron chi connectivity index (χ1n) is 5.28. The van der Waals surface area contributed by atoms with Crippen LogP contribution in [0.5, 0.6) is 0 Å². The highest BCUT2D eigenvalue weighted by molar-refractivity contribution is 6.04. The van der Waals surface area contributed by atoms with Crippen LogP contribution >= 0.6 is 0 Å². The van der Waals surface area contributed by atoms with E-state index in [4.69, 9.17) is 10.2 Å². The summed E-state index contributed by atoms with van der Waals surface area (Å²) in [5, 5.41) is 1.01. The summed E-state index contributed by atoms with van der Waals surface area (Å²) in [7, 11) is 0. The molecular formula is C12H12ClN3O. The number of nitrogens with two attached hydrogens (primary N) is 1. The summed E-state index contributed by atoms with van der Waals surface area (Å²) < 4.78 is 5.66.